The smallest absolute Gasteiger partial charge is 0.325 e. The summed E-state index contributed by atoms with van der Waals surface area (Å²) >= 11 is 0. The number of aryl methyl sites for hydroxylation is 1. The molecule has 4 amide bonds. The van der Waals surface area contributed by atoms with Gasteiger partial charge in [0.15, 0.2) is 0 Å². The van der Waals surface area contributed by atoms with Gasteiger partial charge in [0.2, 0.25) is 5.91 Å². The highest BCUT2D eigenvalue weighted by molar-refractivity contribution is 6.09. The van der Waals surface area contributed by atoms with Crippen molar-refractivity contribution in [3.8, 4) is 0 Å². The first-order valence-corrected chi connectivity index (χ1v) is 9.47. The van der Waals surface area contributed by atoms with Crippen molar-refractivity contribution in [1.82, 2.24) is 15.5 Å². The lowest BCUT2D eigenvalue weighted by atomic mass is 9.82. The van der Waals surface area contributed by atoms with Gasteiger partial charge in [-0.1, -0.05) is 45.0 Å². The summed E-state index contributed by atoms with van der Waals surface area (Å²) in [5, 5.41) is 5.82. The van der Waals surface area contributed by atoms with E-state index < -0.39 is 17.1 Å². The third-order valence-electron chi connectivity index (χ3n) is 5.17. The van der Waals surface area contributed by atoms with E-state index in [1.54, 1.807) is 0 Å². The van der Waals surface area contributed by atoms with Crippen LogP contribution in [0.5, 0.6) is 0 Å². The molecular weight excluding hydrogens is 342 g/mol. The SMILES string of the molecule is CC(C)(C)CC(C)(C)NC(=O)CN1C(=O)N[C@@]2(CCc3ccccc32)C1=O. The van der Waals surface area contributed by atoms with Crippen LogP contribution in [0.1, 0.15) is 58.6 Å². The van der Waals surface area contributed by atoms with Crippen molar-refractivity contribution in [2.75, 3.05) is 6.54 Å². The quantitative estimate of drug-likeness (QED) is 0.799. The zero-order chi connectivity index (χ0) is 20.0. The van der Waals surface area contributed by atoms with Crippen molar-refractivity contribution < 1.29 is 14.4 Å². The maximum atomic E-state index is 13.1. The third-order valence-corrected chi connectivity index (χ3v) is 5.17. The van der Waals surface area contributed by atoms with Gasteiger partial charge in [-0.05, 0) is 49.7 Å². The molecule has 3 rings (SSSR count). The Kier molecular flexibility index (Phi) is 4.57. The molecule has 6 nitrogen and oxygen atoms in total. The molecule has 6 heteroatoms. The minimum atomic E-state index is -1.02. The minimum absolute atomic E-state index is 0.0508. The van der Waals surface area contributed by atoms with E-state index in [1.807, 2.05) is 38.1 Å². The number of nitrogens with one attached hydrogen (secondary N) is 2. The lowest BCUT2D eigenvalue weighted by molar-refractivity contribution is -0.135. The Labute approximate surface area is 160 Å². The first kappa shape index (κ1) is 19.4. The van der Waals surface area contributed by atoms with Gasteiger partial charge in [0.05, 0.1) is 0 Å². The van der Waals surface area contributed by atoms with Gasteiger partial charge < -0.3 is 10.6 Å². The van der Waals surface area contributed by atoms with Crippen molar-refractivity contribution in [3.05, 3.63) is 35.4 Å². The summed E-state index contributed by atoms with van der Waals surface area (Å²) in [6.45, 7) is 9.98. The van der Waals surface area contributed by atoms with Gasteiger partial charge in [0, 0.05) is 5.54 Å². The van der Waals surface area contributed by atoms with Crippen LogP contribution in [0.4, 0.5) is 4.79 Å². The summed E-state index contributed by atoms with van der Waals surface area (Å²) in [7, 11) is 0. The molecular formula is C21H29N3O3. The van der Waals surface area contributed by atoms with Crippen molar-refractivity contribution in [1.29, 1.82) is 0 Å². The largest absolute Gasteiger partial charge is 0.350 e. The van der Waals surface area contributed by atoms with Crippen LogP contribution in [0.2, 0.25) is 0 Å². The van der Waals surface area contributed by atoms with Crippen molar-refractivity contribution in [2.24, 2.45) is 5.41 Å². The Morgan fingerprint density at radius 2 is 1.85 bits per heavy atom. The third kappa shape index (κ3) is 3.70. The minimum Gasteiger partial charge on any atom is -0.350 e. The summed E-state index contributed by atoms with van der Waals surface area (Å²) in [4.78, 5) is 39.2. The van der Waals surface area contributed by atoms with Crippen LogP contribution in [0.25, 0.3) is 0 Å². The van der Waals surface area contributed by atoms with Crippen molar-refractivity contribution in [3.63, 3.8) is 0 Å². The molecule has 146 valence electrons. The van der Waals surface area contributed by atoms with Gasteiger partial charge in [-0.3, -0.25) is 14.5 Å². The van der Waals surface area contributed by atoms with Crippen LogP contribution in [0.15, 0.2) is 24.3 Å². The second kappa shape index (κ2) is 6.36. The maximum absolute atomic E-state index is 13.1. The molecule has 0 bridgehead atoms. The van der Waals surface area contributed by atoms with Gasteiger partial charge in [0.1, 0.15) is 12.1 Å². The van der Waals surface area contributed by atoms with Crippen LogP contribution in [-0.4, -0.2) is 34.8 Å². The molecule has 1 saturated heterocycles. The van der Waals surface area contributed by atoms with E-state index in [0.717, 1.165) is 28.9 Å². The van der Waals surface area contributed by atoms with Crippen LogP contribution in [0.3, 0.4) is 0 Å². The average Bonchev–Trinajstić information content (AvgIpc) is 2.99. The molecule has 1 aromatic rings. The Bertz CT molecular complexity index is 794. The standard InChI is InChI=1S/C21H29N3O3/c1-19(2,3)13-20(4,5)22-16(25)12-24-17(26)21(23-18(24)27)11-10-14-8-6-7-9-15(14)21/h6-9H,10-13H2,1-5H3,(H,22,25)(H,23,27)/t21-/m1/s1. The fourth-order valence-corrected chi connectivity index (χ4v) is 4.66. The van der Waals surface area contributed by atoms with E-state index in [9.17, 15) is 14.4 Å². The normalized spacial score (nSPS) is 22.2. The summed E-state index contributed by atoms with van der Waals surface area (Å²) < 4.78 is 0. The van der Waals surface area contributed by atoms with E-state index in [1.165, 1.54) is 0 Å². The van der Waals surface area contributed by atoms with Gasteiger partial charge in [-0.2, -0.15) is 0 Å². The van der Waals surface area contributed by atoms with Gasteiger partial charge in [-0.25, -0.2) is 4.79 Å². The predicted octanol–water partition coefficient (Wildman–Crippen LogP) is 2.71. The number of hydrogen-bond donors (Lipinski definition) is 2. The van der Waals surface area contributed by atoms with Crippen molar-refractivity contribution >= 4 is 17.8 Å². The molecule has 1 fully saturated rings. The number of amides is 4. The number of carbonyl (C=O) groups excluding carboxylic acids is 3. The fourth-order valence-electron chi connectivity index (χ4n) is 4.66. The highest BCUT2D eigenvalue weighted by Gasteiger charge is 2.55. The van der Waals surface area contributed by atoms with Gasteiger partial charge >= 0.3 is 6.03 Å². The lowest BCUT2D eigenvalue weighted by Crippen LogP contribution is -2.50. The zero-order valence-electron chi connectivity index (χ0n) is 16.8. The van der Waals surface area contributed by atoms with E-state index in [0.29, 0.717) is 6.42 Å². The molecule has 27 heavy (non-hydrogen) atoms. The molecule has 0 unspecified atom stereocenters. The molecule has 1 atom stereocenters. The molecule has 1 aliphatic heterocycles. The first-order valence-electron chi connectivity index (χ1n) is 9.47. The van der Waals surface area contributed by atoms with E-state index in [4.69, 9.17) is 0 Å². The Balaban J connectivity index is 1.73. The molecule has 1 heterocycles. The summed E-state index contributed by atoms with van der Waals surface area (Å²) in [6.07, 6.45) is 2.05. The maximum Gasteiger partial charge on any atom is 0.325 e. The van der Waals surface area contributed by atoms with Gasteiger partial charge in [-0.15, -0.1) is 0 Å². The number of rotatable bonds is 4. The van der Waals surface area contributed by atoms with E-state index >= 15 is 0 Å². The average molecular weight is 371 g/mol. The topological polar surface area (TPSA) is 78.5 Å². The second-order valence-corrected chi connectivity index (χ2v) is 9.55. The Morgan fingerprint density at radius 3 is 2.52 bits per heavy atom. The number of hydrogen-bond acceptors (Lipinski definition) is 3. The Morgan fingerprint density at radius 1 is 1.19 bits per heavy atom. The lowest BCUT2D eigenvalue weighted by Gasteiger charge is -2.33. The number of benzene rings is 1. The van der Waals surface area contributed by atoms with E-state index in [-0.39, 0.29) is 23.8 Å². The van der Waals surface area contributed by atoms with E-state index in [2.05, 4.69) is 31.4 Å². The molecule has 2 N–H and O–H groups in total. The fraction of sp³-hybridized carbons (Fsp3) is 0.571. The Hall–Kier alpha value is -2.37. The highest BCUT2D eigenvalue weighted by Crippen LogP contribution is 2.41. The molecule has 0 radical (unpaired) electrons. The summed E-state index contributed by atoms with van der Waals surface area (Å²) in [6, 6.07) is 7.17. The monoisotopic (exact) mass is 371 g/mol. The second-order valence-electron chi connectivity index (χ2n) is 9.55. The molecule has 2 aliphatic rings. The van der Waals surface area contributed by atoms with Crippen LogP contribution >= 0.6 is 0 Å². The zero-order valence-corrected chi connectivity index (χ0v) is 16.8. The van der Waals surface area contributed by atoms with Crippen LogP contribution in [0, 0.1) is 5.41 Å². The highest BCUT2D eigenvalue weighted by atomic mass is 16.2. The summed E-state index contributed by atoms with van der Waals surface area (Å²) in [5.74, 6) is -0.655. The number of fused-ring (bicyclic) bond motifs is 2. The first-order chi connectivity index (χ1) is 12.4. The molecule has 0 saturated carbocycles. The van der Waals surface area contributed by atoms with Crippen LogP contribution < -0.4 is 10.6 Å². The molecule has 1 aliphatic carbocycles. The number of nitrogens with zero attached hydrogens (tertiary/aromatic N) is 1. The molecule has 1 aromatic carbocycles. The van der Waals surface area contributed by atoms with Crippen molar-refractivity contribution in [2.45, 2.75) is 65.0 Å². The predicted molar refractivity (Wildman–Crippen MR) is 103 cm³/mol. The molecule has 1 spiro atoms. The van der Waals surface area contributed by atoms with Crippen LogP contribution in [-0.2, 0) is 21.5 Å². The number of imide groups is 1. The number of carbonyl (C=O) groups is 3. The molecule has 0 aromatic heterocycles. The van der Waals surface area contributed by atoms with Gasteiger partial charge in [0.25, 0.3) is 5.91 Å². The number of urea groups is 1. The summed E-state index contributed by atoms with van der Waals surface area (Å²) in [5.41, 5.74) is 0.527.